The highest BCUT2D eigenvalue weighted by atomic mass is 19.4. The van der Waals surface area contributed by atoms with Gasteiger partial charge in [-0.3, -0.25) is 14.4 Å². The zero-order chi connectivity index (χ0) is 22.3. The molecule has 0 saturated heterocycles. The fourth-order valence-corrected chi connectivity index (χ4v) is 2.60. The molecule has 0 unspecified atom stereocenters. The molecule has 2 amide bonds. The molecular formula is C20H21F3N2O5. The van der Waals surface area contributed by atoms with Crippen molar-refractivity contribution >= 4 is 11.8 Å². The average molecular weight is 426 g/mol. The molecule has 0 aliphatic carbocycles. The van der Waals surface area contributed by atoms with Gasteiger partial charge >= 0.3 is 6.18 Å². The summed E-state index contributed by atoms with van der Waals surface area (Å²) >= 11 is 0. The Morgan fingerprint density at radius 3 is 2.43 bits per heavy atom. The van der Waals surface area contributed by atoms with Crippen LogP contribution in [0, 0.1) is 0 Å². The van der Waals surface area contributed by atoms with E-state index >= 15 is 0 Å². The van der Waals surface area contributed by atoms with E-state index in [1.54, 1.807) is 25.1 Å². The molecule has 2 N–H and O–H groups in total. The molecule has 0 aromatic heterocycles. The molecule has 7 nitrogen and oxygen atoms in total. The van der Waals surface area contributed by atoms with Crippen molar-refractivity contribution in [2.45, 2.75) is 19.1 Å². The number of carbonyl (C=O) groups excluding carboxylic acids is 2. The highest BCUT2D eigenvalue weighted by Gasteiger charge is 2.30. The Hall–Kier alpha value is -3.27. The molecule has 0 heterocycles. The van der Waals surface area contributed by atoms with E-state index < -0.39 is 36.2 Å². The number of alkyl halides is 3. The first-order valence-corrected chi connectivity index (χ1v) is 8.76. The summed E-state index contributed by atoms with van der Waals surface area (Å²) in [6, 6.07) is 8.49. The van der Waals surface area contributed by atoms with Gasteiger partial charge in [0.25, 0.3) is 5.91 Å². The summed E-state index contributed by atoms with van der Waals surface area (Å²) in [6.45, 7) is 1.18. The van der Waals surface area contributed by atoms with Gasteiger partial charge in [0.2, 0.25) is 5.91 Å². The van der Waals surface area contributed by atoms with Crippen LogP contribution in [0.4, 0.5) is 13.2 Å². The molecule has 0 aliphatic rings. The van der Waals surface area contributed by atoms with E-state index in [1.165, 1.54) is 20.3 Å². The predicted molar refractivity (Wildman–Crippen MR) is 101 cm³/mol. The van der Waals surface area contributed by atoms with Crippen LogP contribution in [0.2, 0.25) is 0 Å². The van der Waals surface area contributed by atoms with E-state index in [0.717, 1.165) is 12.1 Å². The van der Waals surface area contributed by atoms with Gasteiger partial charge in [0.1, 0.15) is 11.5 Å². The van der Waals surface area contributed by atoms with Crippen LogP contribution in [-0.4, -0.2) is 32.6 Å². The van der Waals surface area contributed by atoms with Crippen molar-refractivity contribution in [2.24, 2.45) is 0 Å². The monoisotopic (exact) mass is 426 g/mol. The van der Waals surface area contributed by atoms with Crippen LogP contribution in [0.25, 0.3) is 0 Å². The van der Waals surface area contributed by atoms with E-state index in [0.29, 0.717) is 23.1 Å². The first kappa shape index (κ1) is 23.0. The summed E-state index contributed by atoms with van der Waals surface area (Å²) in [5, 5.41) is 2.67. The van der Waals surface area contributed by atoms with E-state index in [-0.39, 0.29) is 5.56 Å². The molecule has 1 atom stereocenters. The molecule has 2 rings (SSSR count). The number of hydrogen-bond donors (Lipinski definition) is 2. The minimum absolute atomic E-state index is 0.250. The average Bonchev–Trinajstić information content (AvgIpc) is 2.72. The number of amides is 2. The Kier molecular flexibility index (Phi) is 7.65. The molecule has 162 valence electrons. The van der Waals surface area contributed by atoms with Gasteiger partial charge in [0.15, 0.2) is 6.61 Å². The van der Waals surface area contributed by atoms with Gasteiger partial charge in [-0.25, -0.2) is 5.48 Å². The summed E-state index contributed by atoms with van der Waals surface area (Å²) in [7, 11) is 3.00. The predicted octanol–water partition coefficient (Wildman–Crippen LogP) is 3.26. The number of hydroxylamine groups is 1. The van der Waals surface area contributed by atoms with Crippen LogP contribution in [0.15, 0.2) is 42.5 Å². The zero-order valence-corrected chi connectivity index (χ0v) is 16.5. The summed E-state index contributed by atoms with van der Waals surface area (Å²) in [5.74, 6) is -0.341. The third-order valence-electron chi connectivity index (χ3n) is 4.10. The lowest BCUT2D eigenvalue weighted by Crippen LogP contribution is -2.34. The maximum atomic E-state index is 12.7. The lowest BCUT2D eigenvalue weighted by atomic mass is 10.1. The van der Waals surface area contributed by atoms with Gasteiger partial charge in [-0.15, -0.1) is 0 Å². The number of nitrogens with one attached hydrogen (secondary N) is 2. The maximum absolute atomic E-state index is 12.7. The standard InChI is InChI=1S/C20H21F3N2O5/c1-12(16-10-15(28-2)7-8-17(16)29-3)24-18(26)11-30-25-19(27)13-5-4-6-14(9-13)20(21,22)23/h4-10,12H,11H2,1-3H3,(H,24,26)(H,25,27)/t12-/m1/s1. The number of ether oxygens (including phenoxy) is 2. The number of carbonyl (C=O) groups is 2. The number of hydrogen-bond acceptors (Lipinski definition) is 5. The second-order valence-corrected chi connectivity index (χ2v) is 6.20. The van der Waals surface area contributed by atoms with Crippen LogP contribution in [0.3, 0.4) is 0 Å². The van der Waals surface area contributed by atoms with Gasteiger partial charge in [0.05, 0.1) is 25.8 Å². The minimum atomic E-state index is -4.58. The third kappa shape index (κ3) is 6.11. The van der Waals surface area contributed by atoms with Gasteiger partial charge in [0, 0.05) is 11.1 Å². The van der Waals surface area contributed by atoms with Gasteiger partial charge in [-0.05, 0) is 43.3 Å². The second kappa shape index (κ2) is 9.97. The Bertz CT molecular complexity index is 902. The molecule has 0 aliphatic heterocycles. The van der Waals surface area contributed by atoms with Crippen molar-refractivity contribution < 1.29 is 37.1 Å². The number of rotatable bonds is 8. The normalized spacial score (nSPS) is 12.1. The third-order valence-corrected chi connectivity index (χ3v) is 4.10. The zero-order valence-electron chi connectivity index (χ0n) is 16.5. The van der Waals surface area contributed by atoms with Gasteiger partial charge in [-0.2, -0.15) is 13.2 Å². The first-order valence-electron chi connectivity index (χ1n) is 8.76. The largest absolute Gasteiger partial charge is 0.497 e. The van der Waals surface area contributed by atoms with Gasteiger partial charge < -0.3 is 14.8 Å². The first-order chi connectivity index (χ1) is 14.2. The summed E-state index contributed by atoms with van der Waals surface area (Å²) in [4.78, 5) is 28.8. The fraction of sp³-hybridized carbons (Fsp3) is 0.300. The Balaban J connectivity index is 1.90. The lowest BCUT2D eigenvalue weighted by molar-refractivity contribution is -0.137. The minimum Gasteiger partial charge on any atom is -0.497 e. The number of methoxy groups -OCH3 is 2. The number of halogens is 3. The molecule has 2 aromatic rings. The van der Waals surface area contributed by atoms with Crippen LogP contribution in [-0.2, 0) is 15.8 Å². The van der Waals surface area contributed by atoms with Crippen molar-refractivity contribution in [1.82, 2.24) is 10.8 Å². The van der Waals surface area contributed by atoms with Crippen molar-refractivity contribution in [3.05, 3.63) is 59.2 Å². The van der Waals surface area contributed by atoms with E-state index in [1.807, 2.05) is 5.48 Å². The van der Waals surface area contributed by atoms with Crippen LogP contribution in [0.5, 0.6) is 11.5 Å². The van der Waals surface area contributed by atoms with Gasteiger partial charge in [-0.1, -0.05) is 6.07 Å². The lowest BCUT2D eigenvalue weighted by Gasteiger charge is -2.18. The van der Waals surface area contributed by atoms with Crippen molar-refractivity contribution in [3.8, 4) is 11.5 Å². The molecule has 10 heteroatoms. The second-order valence-electron chi connectivity index (χ2n) is 6.20. The van der Waals surface area contributed by atoms with E-state index in [2.05, 4.69) is 5.32 Å². The molecular weight excluding hydrogens is 405 g/mol. The SMILES string of the molecule is COc1ccc(OC)c([C@@H](C)NC(=O)CONC(=O)c2cccc(C(F)(F)F)c2)c1. The molecule has 0 fully saturated rings. The van der Waals surface area contributed by atoms with Crippen LogP contribution < -0.4 is 20.3 Å². The Morgan fingerprint density at radius 1 is 1.07 bits per heavy atom. The number of benzene rings is 2. The van der Waals surface area contributed by atoms with E-state index in [9.17, 15) is 22.8 Å². The summed E-state index contributed by atoms with van der Waals surface area (Å²) in [6.07, 6.45) is -4.58. The molecule has 0 spiro atoms. The highest BCUT2D eigenvalue weighted by molar-refractivity contribution is 5.93. The maximum Gasteiger partial charge on any atom is 0.416 e. The summed E-state index contributed by atoms with van der Waals surface area (Å²) in [5.41, 5.74) is 1.40. The smallest absolute Gasteiger partial charge is 0.416 e. The molecule has 0 bridgehead atoms. The van der Waals surface area contributed by atoms with Crippen molar-refractivity contribution in [3.63, 3.8) is 0 Å². The summed E-state index contributed by atoms with van der Waals surface area (Å²) < 4.78 is 48.6. The molecule has 30 heavy (non-hydrogen) atoms. The van der Waals surface area contributed by atoms with Crippen LogP contribution in [0.1, 0.15) is 34.5 Å². The fourth-order valence-electron chi connectivity index (χ4n) is 2.60. The van der Waals surface area contributed by atoms with Crippen molar-refractivity contribution in [1.29, 1.82) is 0 Å². The van der Waals surface area contributed by atoms with Crippen LogP contribution >= 0.6 is 0 Å². The highest BCUT2D eigenvalue weighted by Crippen LogP contribution is 2.30. The molecule has 2 aromatic carbocycles. The topological polar surface area (TPSA) is 85.9 Å². The molecule has 0 radical (unpaired) electrons. The molecule has 0 saturated carbocycles. The Labute approximate surface area is 171 Å². The Morgan fingerprint density at radius 2 is 1.80 bits per heavy atom. The van der Waals surface area contributed by atoms with E-state index in [4.69, 9.17) is 14.3 Å². The quantitative estimate of drug-likeness (QED) is 0.633. The van der Waals surface area contributed by atoms with Crippen molar-refractivity contribution in [2.75, 3.05) is 20.8 Å².